The van der Waals surface area contributed by atoms with Gasteiger partial charge in [0.2, 0.25) is 5.91 Å². The molecule has 9 heteroatoms. The van der Waals surface area contributed by atoms with E-state index in [1.807, 2.05) is 30.9 Å². The predicted molar refractivity (Wildman–Crippen MR) is 130 cm³/mol. The summed E-state index contributed by atoms with van der Waals surface area (Å²) < 4.78 is 18.4. The number of hydrogen-bond donors (Lipinski definition) is 0. The second-order valence-electron chi connectivity index (χ2n) is 8.67. The molecule has 1 aromatic carbocycles. The van der Waals surface area contributed by atoms with Crippen LogP contribution in [0.1, 0.15) is 37.2 Å². The number of benzene rings is 1. The fourth-order valence-electron chi connectivity index (χ4n) is 4.10. The molecular weight excluding hydrogens is 449 g/mol. The van der Waals surface area contributed by atoms with Gasteiger partial charge in [0.15, 0.2) is 11.6 Å². The number of halogens is 1. The third kappa shape index (κ3) is 5.85. The molecule has 0 bridgehead atoms. The van der Waals surface area contributed by atoms with Crippen molar-refractivity contribution in [3.63, 3.8) is 0 Å². The van der Waals surface area contributed by atoms with Crippen molar-refractivity contribution in [2.75, 3.05) is 37.6 Å². The molecule has 1 aliphatic heterocycles. The van der Waals surface area contributed by atoms with Gasteiger partial charge < -0.3 is 19.1 Å². The van der Waals surface area contributed by atoms with Crippen molar-refractivity contribution < 1.29 is 18.4 Å². The SMILES string of the molecule is CC[C@@H](C)N(CC(=O)N1CCCN(c2ccc(-c3ccc(F)cc3)nn2)CC1)C(=O)c1ccco1. The Morgan fingerprint density at radius 1 is 1.06 bits per heavy atom. The number of rotatable bonds is 7. The maximum Gasteiger partial charge on any atom is 0.290 e. The summed E-state index contributed by atoms with van der Waals surface area (Å²) in [6, 6.07) is 13.1. The summed E-state index contributed by atoms with van der Waals surface area (Å²) in [5.74, 6) is 0.331. The van der Waals surface area contributed by atoms with Crippen LogP contribution in [0.4, 0.5) is 10.2 Å². The number of hydrogen-bond acceptors (Lipinski definition) is 6. The lowest BCUT2D eigenvalue weighted by atomic mass is 10.1. The fourth-order valence-corrected chi connectivity index (χ4v) is 4.10. The second kappa shape index (κ2) is 11.1. The Labute approximate surface area is 204 Å². The summed E-state index contributed by atoms with van der Waals surface area (Å²) in [5, 5.41) is 8.67. The van der Waals surface area contributed by atoms with Gasteiger partial charge in [0.05, 0.1) is 12.0 Å². The number of furan rings is 1. The molecule has 1 aliphatic rings. The molecule has 1 saturated heterocycles. The number of carbonyl (C=O) groups is 2. The zero-order valence-corrected chi connectivity index (χ0v) is 20.1. The number of amides is 2. The molecule has 0 saturated carbocycles. The maximum atomic E-state index is 13.2. The van der Waals surface area contributed by atoms with E-state index in [0.717, 1.165) is 30.8 Å². The maximum absolute atomic E-state index is 13.2. The first-order valence-electron chi connectivity index (χ1n) is 11.9. The van der Waals surface area contributed by atoms with Crippen LogP contribution in [0.2, 0.25) is 0 Å². The van der Waals surface area contributed by atoms with Crippen LogP contribution in [-0.2, 0) is 4.79 Å². The van der Waals surface area contributed by atoms with Gasteiger partial charge >= 0.3 is 0 Å². The molecule has 1 atom stereocenters. The molecule has 8 nitrogen and oxygen atoms in total. The lowest BCUT2D eigenvalue weighted by Crippen LogP contribution is -2.47. The molecule has 4 rings (SSSR count). The molecule has 3 heterocycles. The third-order valence-electron chi connectivity index (χ3n) is 6.38. The lowest BCUT2D eigenvalue weighted by Gasteiger charge is -2.30. The topological polar surface area (TPSA) is 82.8 Å². The van der Waals surface area contributed by atoms with Crippen LogP contribution >= 0.6 is 0 Å². The van der Waals surface area contributed by atoms with Crippen molar-refractivity contribution in [2.24, 2.45) is 0 Å². The highest BCUT2D eigenvalue weighted by Crippen LogP contribution is 2.20. The van der Waals surface area contributed by atoms with E-state index in [2.05, 4.69) is 15.1 Å². The Morgan fingerprint density at radius 2 is 1.86 bits per heavy atom. The Hall–Kier alpha value is -3.75. The highest BCUT2D eigenvalue weighted by molar-refractivity contribution is 5.94. The normalized spacial score (nSPS) is 14.9. The molecule has 2 amide bonds. The average Bonchev–Trinajstić information content (AvgIpc) is 3.31. The predicted octanol–water partition coefficient (Wildman–Crippen LogP) is 3.86. The molecule has 184 valence electrons. The van der Waals surface area contributed by atoms with Gasteiger partial charge in [0.1, 0.15) is 12.4 Å². The Bertz CT molecular complexity index is 1120. The van der Waals surface area contributed by atoms with E-state index in [4.69, 9.17) is 4.42 Å². The lowest BCUT2D eigenvalue weighted by molar-refractivity contribution is -0.132. The third-order valence-corrected chi connectivity index (χ3v) is 6.38. The van der Waals surface area contributed by atoms with Crippen LogP contribution in [-0.4, -0.2) is 70.6 Å². The van der Waals surface area contributed by atoms with Crippen molar-refractivity contribution in [1.29, 1.82) is 0 Å². The van der Waals surface area contributed by atoms with Crippen molar-refractivity contribution >= 4 is 17.6 Å². The van der Waals surface area contributed by atoms with Gasteiger partial charge in [0, 0.05) is 37.8 Å². The molecule has 3 aromatic rings. The first-order chi connectivity index (χ1) is 17.0. The molecule has 1 fully saturated rings. The Morgan fingerprint density at radius 3 is 2.51 bits per heavy atom. The largest absolute Gasteiger partial charge is 0.459 e. The molecule has 0 N–H and O–H groups in total. The van der Waals surface area contributed by atoms with E-state index < -0.39 is 0 Å². The molecule has 2 aromatic heterocycles. The number of anilines is 1. The van der Waals surface area contributed by atoms with Gasteiger partial charge in [-0.1, -0.05) is 6.92 Å². The average molecular weight is 480 g/mol. The molecule has 35 heavy (non-hydrogen) atoms. The van der Waals surface area contributed by atoms with Gasteiger partial charge in [-0.05, 0) is 68.3 Å². The van der Waals surface area contributed by atoms with Crippen molar-refractivity contribution in [1.82, 2.24) is 20.0 Å². The molecule has 0 aliphatic carbocycles. The van der Waals surface area contributed by atoms with Gasteiger partial charge in [-0.2, -0.15) is 0 Å². The summed E-state index contributed by atoms with van der Waals surface area (Å²) in [6.45, 7) is 6.45. The molecule has 0 spiro atoms. The van der Waals surface area contributed by atoms with Crippen LogP contribution in [0, 0.1) is 5.82 Å². The standard InChI is InChI=1S/C26H30FN5O3/c1-3-19(2)32(26(34)23-6-4-17-35-23)18-25(33)31-14-5-13-30(15-16-31)24-12-11-22(28-29-24)20-7-9-21(27)10-8-20/h4,6-12,17,19H,3,5,13-16,18H2,1-2H3/t19-/m1/s1. The first-order valence-corrected chi connectivity index (χ1v) is 11.9. The van der Waals surface area contributed by atoms with E-state index in [1.54, 1.807) is 29.2 Å². The van der Waals surface area contributed by atoms with Gasteiger partial charge in [-0.25, -0.2) is 4.39 Å². The van der Waals surface area contributed by atoms with Crippen LogP contribution in [0.25, 0.3) is 11.3 Å². The van der Waals surface area contributed by atoms with Crippen LogP contribution in [0.15, 0.2) is 59.2 Å². The van der Waals surface area contributed by atoms with Crippen molar-refractivity contribution in [2.45, 2.75) is 32.7 Å². The zero-order valence-electron chi connectivity index (χ0n) is 20.1. The Balaban J connectivity index is 1.38. The van der Waals surface area contributed by atoms with E-state index in [-0.39, 0.29) is 36.0 Å². The number of aromatic nitrogens is 2. The second-order valence-corrected chi connectivity index (χ2v) is 8.67. The van der Waals surface area contributed by atoms with Crippen LogP contribution in [0.5, 0.6) is 0 Å². The van der Waals surface area contributed by atoms with Gasteiger partial charge in [-0.15, -0.1) is 10.2 Å². The summed E-state index contributed by atoms with van der Waals surface area (Å²) in [5.41, 5.74) is 1.47. The molecular formula is C26H30FN5O3. The summed E-state index contributed by atoms with van der Waals surface area (Å²) in [4.78, 5) is 31.6. The Kier molecular flexibility index (Phi) is 7.74. The highest BCUT2D eigenvalue weighted by atomic mass is 19.1. The number of nitrogens with zero attached hydrogens (tertiary/aromatic N) is 5. The number of carbonyl (C=O) groups excluding carboxylic acids is 2. The fraction of sp³-hybridized carbons (Fsp3) is 0.385. The minimum Gasteiger partial charge on any atom is -0.459 e. The highest BCUT2D eigenvalue weighted by Gasteiger charge is 2.28. The monoisotopic (exact) mass is 479 g/mol. The first kappa shape index (κ1) is 24.4. The smallest absolute Gasteiger partial charge is 0.290 e. The minimum atomic E-state index is -0.292. The van der Waals surface area contributed by atoms with Gasteiger partial charge in [0.25, 0.3) is 5.91 Å². The quantitative estimate of drug-likeness (QED) is 0.512. The van der Waals surface area contributed by atoms with E-state index >= 15 is 0 Å². The summed E-state index contributed by atoms with van der Waals surface area (Å²) >= 11 is 0. The molecule has 0 radical (unpaired) electrons. The summed E-state index contributed by atoms with van der Waals surface area (Å²) in [7, 11) is 0. The van der Waals surface area contributed by atoms with E-state index in [0.29, 0.717) is 25.3 Å². The van der Waals surface area contributed by atoms with E-state index in [9.17, 15) is 14.0 Å². The molecule has 0 unspecified atom stereocenters. The van der Waals surface area contributed by atoms with Crippen LogP contribution < -0.4 is 4.90 Å². The van der Waals surface area contributed by atoms with Crippen molar-refractivity contribution in [3.8, 4) is 11.3 Å². The minimum absolute atomic E-state index is 0.0146. The van der Waals surface area contributed by atoms with E-state index in [1.165, 1.54) is 18.4 Å². The van der Waals surface area contributed by atoms with Crippen molar-refractivity contribution in [3.05, 3.63) is 66.4 Å². The zero-order chi connectivity index (χ0) is 24.8. The van der Waals surface area contributed by atoms with Crippen LogP contribution in [0.3, 0.4) is 0 Å². The van der Waals surface area contributed by atoms with Gasteiger partial charge in [-0.3, -0.25) is 9.59 Å². The summed E-state index contributed by atoms with van der Waals surface area (Å²) in [6.07, 6.45) is 2.98.